The minimum absolute atomic E-state index is 0.0218. The first kappa shape index (κ1) is 17.5. The normalized spacial score (nSPS) is 13.6. The molecule has 0 saturated heterocycles. The summed E-state index contributed by atoms with van der Waals surface area (Å²) in [6, 6.07) is 10.7. The molecule has 1 N–H and O–H groups in total. The highest BCUT2D eigenvalue weighted by Gasteiger charge is 2.24. The van der Waals surface area contributed by atoms with Crippen molar-refractivity contribution in [1.82, 2.24) is 9.97 Å². The number of aromatic amines is 1. The van der Waals surface area contributed by atoms with E-state index in [-0.39, 0.29) is 17.3 Å². The van der Waals surface area contributed by atoms with Crippen LogP contribution >= 0.6 is 11.8 Å². The van der Waals surface area contributed by atoms with E-state index in [0.29, 0.717) is 11.7 Å². The maximum Gasteiger partial charge on any atom is 0.269 e. The second-order valence-corrected chi connectivity index (χ2v) is 7.53. The number of H-pyrrole nitrogens is 1. The third-order valence-corrected chi connectivity index (χ3v) is 5.50. The summed E-state index contributed by atoms with van der Waals surface area (Å²) < 4.78 is 0. The molecule has 0 saturated carbocycles. The molecule has 0 atom stereocenters. The third kappa shape index (κ3) is 3.52. The van der Waals surface area contributed by atoms with E-state index < -0.39 is 4.92 Å². The van der Waals surface area contributed by atoms with Crippen LogP contribution in [0.2, 0.25) is 0 Å². The molecule has 7 nitrogen and oxygen atoms in total. The molecule has 1 aliphatic rings. The molecular formula is C19H18N4O3S. The van der Waals surface area contributed by atoms with Crippen molar-refractivity contribution in [2.24, 2.45) is 0 Å². The van der Waals surface area contributed by atoms with Crippen molar-refractivity contribution >= 4 is 40.1 Å². The SMILES string of the molecule is Cc1ccc2nc(SCC(=O)N3CCCc4cc([N+](=O)[O-])ccc43)[nH]c2c1. The molecular weight excluding hydrogens is 364 g/mol. The minimum Gasteiger partial charge on any atom is -0.333 e. The predicted molar refractivity (Wildman–Crippen MR) is 105 cm³/mol. The number of imidazole rings is 1. The Bertz CT molecular complexity index is 1050. The Morgan fingerprint density at radius 3 is 3.00 bits per heavy atom. The number of aromatic nitrogens is 2. The molecule has 1 aliphatic heterocycles. The molecule has 1 amide bonds. The van der Waals surface area contributed by atoms with Gasteiger partial charge in [0.2, 0.25) is 5.91 Å². The molecule has 0 bridgehead atoms. The zero-order valence-electron chi connectivity index (χ0n) is 14.8. The van der Waals surface area contributed by atoms with Crippen molar-refractivity contribution in [3.05, 3.63) is 57.6 Å². The number of hydrogen-bond acceptors (Lipinski definition) is 5. The summed E-state index contributed by atoms with van der Waals surface area (Å²) in [7, 11) is 0. The predicted octanol–water partition coefficient (Wildman–Crippen LogP) is 3.85. The van der Waals surface area contributed by atoms with Crippen molar-refractivity contribution < 1.29 is 9.72 Å². The summed E-state index contributed by atoms with van der Waals surface area (Å²) in [6.07, 6.45) is 1.55. The molecule has 8 heteroatoms. The number of carbonyl (C=O) groups excluding carboxylic acids is 1. The maximum absolute atomic E-state index is 12.8. The minimum atomic E-state index is -0.403. The molecule has 0 fully saturated rings. The van der Waals surface area contributed by atoms with E-state index in [4.69, 9.17) is 0 Å². The lowest BCUT2D eigenvalue weighted by Gasteiger charge is -2.29. The van der Waals surface area contributed by atoms with E-state index in [2.05, 4.69) is 9.97 Å². The zero-order valence-corrected chi connectivity index (χ0v) is 15.6. The number of hydrogen-bond donors (Lipinski definition) is 1. The van der Waals surface area contributed by atoms with Crippen LogP contribution in [0.15, 0.2) is 41.6 Å². The average Bonchev–Trinajstić information content (AvgIpc) is 3.07. The van der Waals surface area contributed by atoms with Crippen LogP contribution in [-0.4, -0.2) is 33.1 Å². The molecule has 27 heavy (non-hydrogen) atoms. The second kappa shape index (κ2) is 7.03. The van der Waals surface area contributed by atoms with E-state index in [0.717, 1.165) is 40.7 Å². The van der Waals surface area contributed by atoms with Gasteiger partial charge in [-0.2, -0.15) is 0 Å². The fourth-order valence-electron chi connectivity index (χ4n) is 3.33. The van der Waals surface area contributed by atoms with Gasteiger partial charge in [0.15, 0.2) is 5.16 Å². The molecule has 4 rings (SSSR count). The Kier molecular flexibility index (Phi) is 4.57. The monoisotopic (exact) mass is 382 g/mol. The van der Waals surface area contributed by atoms with Crippen LogP contribution in [0, 0.1) is 17.0 Å². The maximum atomic E-state index is 12.8. The van der Waals surface area contributed by atoms with Gasteiger partial charge in [0, 0.05) is 24.4 Å². The summed E-state index contributed by atoms with van der Waals surface area (Å²) in [5.74, 6) is 0.237. The lowest BCUT2D eigenvalue weighted by Crippen LogP contribution is -2.36. The molecule has 0 radical (unpaired) electrons. The average molecular weight is 382 g/mol. The molecule has 0 unspecified atom stereocenters. The topological polar surface area (TPSA) is 92.1 Å². The van der Waals surface area contributed by atoms with Gasteiger partial charge in [0.05, 0.1) is 21.7 Å². The van der Waals surface area contributed by atoms with E-state index in [1.165, 1.54) is 17.8 Å². The smallest absolute Gasteiger partial charge is 0.269 e. The number of nitro benzene ring substituents is 1. The fraction of sp³-hybridized carbons (Fsp3) is 0.263. The lowest BCUT2D eigenvalue weighted by molar-refractivity contribution is -0.384. The molecule has 1 aromatic heterocycles. The quantitative estimate of drug-likeness (QED) is 0.420. The van der Waals surface area contributed by atoms with Gasteiger partial charge in [-0.3, -0.25) is 14.9 Å². The molecule has 138 valence electrons. The van der Waals surface area contributed by atoms with Crippen molar-refractivity contribution in [1.29, 1.82) is 0 Å². The first-order valence-electron chi connectivity index (χ1n) is 8.68. The first-order valence-corrected chi connectivity index (χ1v) is 9.67. The van der Waals surface area contributed by atoms with Crippen LogP contribution in [0.25, 0.3) is 11.0 Å². The van der Waals surface area contributed by atoms with Crippen molar-refractivity contribution in [3.8, 4) is 0 Å². The molecule has 3 aromatic rings. The number of non-ortho nitro benzene ring substituents is 1. The largest absolute Gasteiger partial charge is 0.333 e. The van der Waals surface area contributed by atoms with Gasteiger partial charge in [-0.15, -0.1) is 0 Å². The van der Waals surface area contributed by atoms with Gasteiger partial charge in [-0.25, -0.2) is 4.98 Å². The highest BCUT2D eigenvalue weighted by Crippen LogP contribution is 2.31. The van der Waals surface area contributed by atoms with Crippen molar-refractivity contribution in [2.45, 2.75) is 24.9 Å². The number of aryl methyl sites for hydroxylation is 2. The third-order valence-electron chi connectivity index (χ3n) is 4.64. The van der Waals surface area contributed by atoms with E-state index in [1.807, 2.05) is 25.1 Å². The summed E-state index contributed by atoms with van der Waals surface area (Å²) in [5, 5.41) is 11.7. The Hall–Kier alpha value is -2.87. The fourth-order valence-corrected chi connectivity index (χ4v) is 4.09. The van der Waals surface area contributed by atoms with Gasteiger partial charge >= 0.3 is 0 Å². The lowest BCUT2D eigenvalue weighted by atomic mass is 10.0. The number of rotatable bonds is 4. The highest BCUT2D eigenvalue weighted by atomic mass is 32.2. The molecule has 2 heterocycles. The number of nitro groups is 1. The summed E-state index contributed by atoms with van der Waals surface area (Å²) in [6.45, 7) is 2.65. The van der Waals surface area contributed by atoms with Crippen LogP contribution in [0.1, 0.15) is 17.5 Å². The van der Waals surface area contributed by atoms with Gasteiger partial charge < -0.3 is 9.88 Å². The molecule has 2 aromatic carbocycles. The van der Waals surface area contributed by atoms with Crippen LogP contribution in [-0.2, 0) is 11.2 Å². The van der Waals surface area contributed by atoms with Crippen LogP contribution in [0.3, 0.4) is 0 Å². The van der Waals surface area contributed by atoms with E-state index in [1.54, 1.807) is 17.0 Å². The summed E-state index contributed by atoms with van der Waals surface area (Å²) in [5.41, 5.74) is 4.69. The number of nitrogens with zero attached hydrogens (tertiary/aromatic N) is 3. The van der Waals surface area contributed by atoms with Crippen LogP contribution < -0.4 is 4.90 Å². The Labute approximate surface area is 159 Å². The Morgan fingerprint density at radius 2 is 2.19 bits per heavy atom. The van der Waals surface area contributed by atoms with Crippen molar-refractivity contribution in [2.75, 3.05) is 17.2 Å². The number of anilines is 1. The highest BCUT2D eigenvalue weighted by molar-refractivity contribution is 7.99. The molecule has 0 spiro atoms. The number of carbonyl (C=O) groups is 1. The van der Waals surface area contributed by atoms with Gasteiger partial charge in [-0.05, 0) is 49.1 Å². The Balaban J connectivity index is 1.49. The van der Waals surface area contributed by atoms with Gasteiger partial charge in [0.1, 0.15) is 0 Å². The number of amides is 1. The van der Waals surface area contributed by atoms with Crippen LogP contribution in [0.4, 0.5) is 11.4 Å². The number of benzene rings is 2. The number of fused-ring (bicyclic) bond motifs is 2. The zero-order chi connectivity index (χ0) is 19.0. The van der Waals surface area contributed by atoms with Gasteiger partial charge in [0.25, 0.3) is 5.69 Å². The van der Waals surface area contributed by atoms with Gasteiger partial charge in [-0.1, -0.05) is 17.8 Å². The van der Waals surface area contributed by atoms with E-state index in [9.17, 15) is 14.9 Å². The van der Waals surface area contributed by atoms with Crippen LogP contribution in [0.5, 0.6) is 0 Å². The molecule has 0 aliphatic carbocycles. The summed E-state index contributed by atoms with van der Waals surface area (Å²) in [4.78, 5) is 32.8. The van der Waals surface area contributed by atoms with Crippen molar-refractivity contribution in [3.63, 3.8) is 0 Å². The Morgan fingerprint density at radius 1 is 1.33 bits per heavy atom. The summed E-state index contributed by atoms with van der Waals surface area (Å²) >= 11 is 1.37. The second-order valence-electron chi connectivity index (χ2n) is 6.57. The number of nitrogens with one attached hydrogen (secondary N) is 1. The van der Waals surface area contributed by atoms with E-state index >= 15 is 0 Å². The standard InChI is InChI=1S/C19H18N4O3S/c1-12-4-6-15-16(9-12)21-19(20-15)27-11-18(24)22-8-2-3-13-10-14(23(25)26)5-7-17(13)22/h4-7,9-10H,2-3,8,11H2,1H3,(H,20,21). The first-order chi connectivity index (χ1) is 13.0. The number of thioether (sulfide) groups is 1.